The lowest BCUT2D eigenvalue weighted by molar-refractivity contribution is -0.120. The number of amides is 2. The van der Waals surface area contributed by atoms with Gasteiger partial charge in [-0.1, -0.05) is 41.9 Å². The molecule has 132 valence electrons. The number of halogens is 1. The Kier molecular flexibility index (Phi) is 6.25. The number of rotatable bonds is 7. The van der Waals surface area contributed by atoms with Crippen molar-refractivity contribution < 1.29 is 19.1 Å². The summed E-state index contributed by atoms with van der Waals surface area (Å²) in [7, 11) is 1.45. The molecule has 2 rings (SSSR count). The number of nitrogens with two attached hydrogens (primary N) is 1. The Bertz CT molecular complexity index is 765. The van der Waals surface area contributed by atoms with E-state index in [-0.39, 0.29) is 10.6 Å². The molecule has 0 radical (unpaired) electrons. The number of carbonyl (C=O) groups is 2. The maximum absolute atomic E-state index is 12.5. The van der Waals surface area contributed by atoms with E-state index in [4.69, 9.17) is 26.8 Å². The molecule has 25 heavy (non-hydrogen) atoms. The van der Waals surface area contributed by atoms with Crippen LogP contribution in [-0.4, -0.2) is 25.5 Å². The van der Waals surface area contributed by atoms with Gasteiger partial charge in [-0.3, -0.25) is 9.59 Å². The van der Waals surface area contributed by atoms with E-state index < -0.39 is 17.9 Å². The van der Waals surface area contributed by atoms with Crippen molar-refractivity contribution in [3.8, 4) is 11.5 Å². The van der Waals surface area contributed by atoms with Gasteiger partial charge in [0.25, 0.3) is 5.91 Å². The van der Waals surface area contributed by atoms with Crippen LogP contribution in [0.1, 0.15) is 28.9 Å². The molecule has 2 aromatic carbocycles. The highest BCUT2D eigenvalue weighted by molar-refractivity contribution is 6.32. The van der Waals surface area contributed by atoms with Crippen LogP contribution in [0.4, 0.5) is 0 Å². The minimum atomic E-state index is -0.954. The first-order valence-corrected chi connectivity index (χ1v) is 8.01. The zero-order chi connectivity index (χ0) is 18.4. The lowest BCUT2D eigenvalue weighted by Crippen LogP contribution is -2.37. The Hall–Kier alpha value is -2.73. The molecule has 3 N–H and O–H groups in total. The van der Waals surface area contributed by atoms with Gasteiger partial charge in [-0.15, -0.1) is 0 Å². The van der Waals surface area contributed by atoms with Crippen LogP contribution in [-0.2, 0) is 4.79 Å². The summed E-state index contributed by atoms with van der Waals surface area (Å²) in [6.45, 7) is 2.22. The molecule has 0 aromatic heterocycles. The van der Waals surface area contributed by atoms with E-state index in [9.17, 15) is 9.59 Å². The Labute approximate surface area is 150 Å². The molecule has 7 heteroatoms. The fourth-order valence-corrected chi connectivity index (χ4v) is 2.58. The summed E-state index contributed by atoms with van der Waals surface area (Å²) in [4.78, 5) is 24.3. The molecular formula is C18H19ClN2O4. The summed E-state index contributed by atoms with van der Waals surface area (Å²) < 4.78 is 10.6. The second-order valence-corrected chi connectivity index (χ2v) is 5.55. The van der Waals surface area contributed by atoms with Crippen LogP contribution in [0.2, 0.25) is 5.02 Å². The van der Waals surface area contributed by atoms with E-state index in [0.29, 0.717) is 23.7 Å². The first-order chi connectivity index (χ1) is 12.0. The molecule has 0 aliphatic heterocycles. The second-order valence-electron chi connectivity index (χ2n) is 5.14. The predicted octanol–water partition coefficient (Wildman–Crippen LogP) is 2.70. The van der Waals surface area contributed by atoms with Crippen molar-refractivity contribution in [3.05, 3.63) is 58.6 Å². The molecule has 2 amide bonds. The van der Waals surface area contributed by atoms with E-state index in [1.165, 1.54) is 19.2 Å². The van der Waals surface area contributed by atoms with Gasteiger partial charge in [0.2, 0.25) is 5.91 Å². The van der Waals surface area contributed by atoms with Crippen molar-refractivity contribution in [1.82, 2.24) is 5.32 Å². The van der Waals surface area contributed by atoms with Gasteiger partial charge in [0.05, 0.1) is 18.7 Å². The number of benzene rings is 2. The van der Waals surface area contributed by atoms with Gasteiger partial charge >= 0.3 is 0 Å². The van der Waals surface area contributed by atoms with Crippen molar-refractivity contribution in [2.45, 2.75) is 13.0 Å². The highest BCUT2D eigenvalue weighted by atomic mass is 35.5. The topological polar surface area (TPSA) is 90.6 Å². The molecule has 2 aromatic rings. The van der Waals surface area contributed by atoms with Gasteiger partial charge in [0.1, 0.15) is 6.04 Å². The van der Waals surface area contributed by atoms with Crippen LogP contribution in [0.15, 0.2) is 42.5 Å². The molecule has 0 bridgehead atoms. The van der Waals surface area contributed by atoms with Crippen LogP contribution in [0.3, 0.4) is 0 Å². The summed E-state index contributed by atoms with van der Waals surface area (Å²) >= 11 is 6.18. The predicted molar refractivity (Wildman–Crippen MR) is 95.0 cm³/mol. The Morgan fingerprint density at radius 3 is 2.48 bits per heavy atom. The van der Waals surface area contributed by atoms with E-state index in [2.05, 4.69) is 5.32 Å². The minimum Gasteiger partial charge on any atom is -0.493 e. The average Bonchev–Trinajstić information content (AvgIpc) is 2.61. The summed E-state index contributed by atoms with van der Waals surface area (Å²) in [6.07, 6.45) is 0. The number of ether oxygens (including phenoxy) is 2. The third-order valence-corrected chi connectivity index (χ3v) is 3.75. The second kappa shape index (κ2) is 8.39. The number of methoxy groups -OCH3 is 1. The molecule has 0 saturated carbocycles. The quantitative estimate of drug-likeness (QED) is 0.792. The molecule has 0 spiro atoms. The van der Waals surface area contributed by atoms with Crippen LogP contribution < -0.4 is 20.5 Å². The SMILES string of the molecule is CCOc1c(Cl)cc(C(=O)NC(C(N)=O)c2ccccc2)cc1OC. The van der Waals surface area contributed by atoms with Crippen molar-refractivity contribution in [1.29, 1.82) is 0 Å². The van der Waals surface area contributed by atoms with Crippen molar-refractivity contribution >= 4 is 23.4 Å². The van der Waals surface area contributed by atoms with E-state index in [1.807, 2.05) is 6.92 Å². The molecule has 0 saturated heterocycles. The maximum atomic E-state index is 12.5. The molecule has 0 aliphatic carbocycles. The van der Waals surface area contributed by atoms with Gasteiger partial charge < -0.3 is 20.5 Å². The van der Waals surface area contributed by atoms with Crippen LogP contribution in [0.25, 0.3) is 0 Å². The standard InChI is InChI=1S/C18H19ClN2O4/c1-3-25-16-13(19)9-12(10-14(16)24-2)18(23)21-15(17(20)22)11-7-5-4-6-8-11/h4-10,15H,3H2,1-2H3,(H2,20,22)(H,21,23). The smallest absolute Gasteiger partial charge is 0.252 e. The van der Waals surface area contributed by atoms with E-state index >= 15 is 0 Å². The summed E-state index contributed by atoms with van der Waals surface area (Å²) in [5, 5.41) is 2.85. The fourth-order valence-electron chi connectivity index (χ4n) is 2.31. The largest absolute Gasteiger partial charge is 0.493 e. The highest BCUT2D eigenvalue weighted by Crippen LogP contribution is 2.36. The van der Waals surface area contributed by atoms with Gasteiger partial charge in [-0.2, -0.15) is 0 Å². The zero-order valence-electron chi connectivity index (χ0n) is 13.9. The fraction of sp³-hybridized carbons (Fsp3) is 0.222. The maximum Gasteiger partial charge on any atom is 0.252 e. The van der Waals surface area contributed by atoms with Gasteiger partial charge in [0.15, 0.2) is 11.5 Å². The van der Waals surface area contributed by atoms with Crippen LogP contribution in [0.5, 0.6) is 11.5 Å². The lowest BCUT2D eigenvalue weighted by atomic mass is 10.1. The first kappa shape index (κ1) is 18.6. The van der Waals surface area contributed by atoms with Crippen molar-refractivity contribution in [2.24, 2.45) is 5.73 Å². The third kappa shape index (κ3) is 4.42. The molecule has 6 nitrogen and oxygen atoms in total. The summed E-state index contributed by atoms with van der Waals surface area (Å²) in [6, 6.07) is 10.7. The van der Waals surface area contributed by atoms with E-state index in [0.717, 1.165) is 0 Å². The number of carbonyl (C=O) groups excluding carboxylic acids is 2. The lowest BCUT2D eigenvalue weighted by Gasteiger charge is -2.17. The average molecular weight is 363 g/mol. The van der Waals surface area contributed by atoms with Crippen molar-refractivity contribution in [2.75, 3.05) is 13.7 Å². The molecule has 1 unspecified atom stereocenters. The Balaban J connectivity index is 2.30. The zero-order valence-corrected chi connectivity index (χ0v) is 14.7. The monoisotopic (exact) mass is 362 g/mol. The van der Waals surface area contributed by atoms with Gasteiger partial charge in [-0.25, -0.2) is 0 Å². The Morgan fingerprint density at radius 1 is 1.24 bits per heavy atom. The summed E-state index contributed by atoms with van der Waals surface area (Å²) in [5.74, 6) is -0.480. The highest BCUT2D eigenvalue weighted by Gasteiger charge is 2.22. The molecular weight excluding hydrogens is 344 g/mol. The van der Waals surface area contributed by atoms with Gasteiger partial charge in [0, 0.05) is 5.56 Å². The number of primary amides is 1. The number of hydrogen-bond donors (Lipinski definition) is 2. The minimum absolute atomic E-state index is 0.229. The van der Waals surface area contributed by atoms with E-state index in [1.54, 1.807) is 30.3 Å². The molecule has 0 aliphatic rings. The number of hydrogen-bond acceptors (Lipinski definition) is 4. The molecule has 1 atom stereocenters. The first-order valence-electron chi connectivity index (χ1n) is 7.63. The number of nitrogens with one attached hydrogen (secondary N) is 1. The third-order valence-electron chi connectivity index (χ3n) is 3.47. The van der Waals surface area contributed by atoms with Crippen LogP contribution >= 0.6 is 11.6 Å². The van der Waals surface area contributed by atoms with Crippen LogP contribution in [0, 0.1) is 0 Å². The molecule has 0 heterocycles. The summed E-state index contributed by atoms with van der Waals surface area (Å²) in [5.41, 5.74) is 6.24. The Morgan fingerprint density at radius 2 is 1.92 bits per heavy atom. The normalized spacial score (nSPS) is 11.5. The molecule has 0 fully saturated rings. The van der Waals surface area contributed by atoms with Gasteiger partial charge in [-0.05, 0) is 24.6 Å². The van der Waals surface area contributed by atoms with Crippen molar-refractivity contribution in [3.63, 3.8) is 0 Å².